The van der Waals surface area contributed by atoms with Crippen molar-refractivity contribution in [3.05, 3.63) is 0 Å². The molecule has 0 aromatic rings. The summed E-state index contributed by atoms with van der Waals surface area (Å²) in [5, 5.41) is 14.0. The molecule has 9 heavy (non-hydrogen) atoms. The molecule has 2 aliphatic heterocycles. The maximum atomic E-state index is 4.32. The van der Waals surface area contributed by atoms with Gasteiger partial charge in [0.05, 0.1) is 18.9 Å². The van der Waals surface area contributed by atoms with Crippen molar-refractivity contribution < 1.29 is 0 Å². The third kappa shape index (κ3) is 0.943. The fraction of sp³-hybridized carbons (Fsp3) is 1.00. The molecule has 0 aliphatic carbocycles. The van der Waals surface area contributed by atoms with Crippen molar-refractivity contribution in [2.45, 2.75) is 12.2 Å². The number of hydrogen-bond acceptors (Lipinski definition) is 3. The molecule has 0 spiro atoms. The maximum Gasteiger partial charge on any atom is 0.0779 e. The highest BCUT2D eigenvalue weighted by Crippen LogP contribution is 1.99. The van der Waals surface area contributed by atoms with E-state index in [1.54, 1.807) is 0 Å². The Morgan fingerprint density at radius 1 is 1.33 bits per heavy atom. The second-order valence-electron chi connectivity index (χ2n) is 2.42. The quantitative estimate of drug-likeness (QED) is 0.352. The van der Waals surface area contributed by atoms with E-state index in [9.17, 15) is 0 Å². The minimum absolute atomic E-state index is 0.436. The van der Waals surface area contributed by atoms with Crippen LogP contribution in [0, 0.1) is 0 Å². The van der Waals surface area contributed by atoms with E-state index < -0.39 is 0 Å². The molecule has 4 nitrogen and oxygen atoms in total. The zero-order valence-corrected chi connectivity index (χ0v) is 5.22. The van der Waals surface area contributed by atoms with Gasteiger partial charge in [0.15, 0.2) is 0 Å². The van der Waals surface area contributed by atoms with Crippen molar-refractivity contribution in [2.24, 2.45) is 0 Å². The maximum absolute atomic E-state index is 4.32. The number of hydrogen-bond donors (Lipinski definition) is 3. The largest absolute Gasteiger partial charge is 0.303 e. The summed E-state index contributed by atoms with van der Waals surface area (Å²) in [6.07, 6.45) is 0.436. The van der Waals surface area contributed by atoms with Gasteiger partial charge in [-0.2, -0.15) is 0 Å². The van der Waals surface area contributed by atoms with Crippen LogP contribution >= 0.6 is 0 Å². The van der Waals surface area contributed by atoms with E-state index in [0.717, 1.165) is 19.9 Å². The van der Waals surface area contributed by atoms with Gasteiger partial charge >= 0.3 is 0 Å². The van der Waals surface area contributed by atoms with E-state index in [4.69, 9.17) is 0 Å². The molecule has 2 unspecified atom stereocenters. The predicted octanol–water partition coefficient (Wildman–Crippen LogP) is -2.00. The van der Waals surface area contributed by atoms with E-state index in [0.29, 0.717) is 12.2 Å². The van der Waals surface area contributed by atoms with Crippen molar-refractivity contribution in [3.8, 4) is 0 Å². The molecule has 0 aromatic heterocycles. The normalized spacial score (nSPS) is 42.7. The highest BCUT2D eigenvalue weighted by Gasteiger charge is 2.28. The van der Waals surface area contributed by atoms with Crippen LogP contribution in [0.15, 0.2) is 0 Å². The molecule has 2 rings (SSSR count). The summed E-state index contributed by atoms with van der Waals surface area (Å²) in [6.45, 7) is 2.73. The van der Waals surface area contributed by atoms with Crippen LogP contribution in [0.3, 0.4) is 0 Å². The molecule has 2 heterocycles. The smallest absolute Gasteiger partial charge is 0.0779 e. The van der Waals surface area contributed by atoms with Crippen LogP contribution in [0.25, 0.3) is 0 Å². The van der Waals surface area contributed by atoms with Crippen LogP contribution in [-0.4, -0.2) is 32.1 Å². The molecule has 2 aliphatic rings. The first kappa shape index (κ1) is 5.61. The lowest BCUT2D eigenvalue weighted by atomic mass is 10.2. The number of rotatable bonds is 0. The van der Waals surface area contributed by atoms with Gasteiger partial charge in [-0.1, -0.05) is 0 Å². The second kappa shape index (κ2) is 2.22. The van der Waals surface area contributed by atoms with Gasteiger partial charge < -0.3 is 5.32 Å². The molecule has 4 heteroatoms. The Labute approximate surface area is 54.4 Å². The van der Waals surface area contributed by atoms with Gasteiger partial charge in [0, 0.05) is 13.2 Å². The summed E-state index contributed by atoms with van der Waals surface area (Å²) < 4.78 is 0. The van der Waals surface area contributed by atoms with Crippen LogP contribution in [0.2, 0.25) is 0 Å². The summed E-state index contributed by atoms with van der Waals surface area (Å²) in [6, 6.07) is 0.457. The molecule has 2 atom stereocenters. The third-order valence-corrected chi connectivity index (χ3v) is 1.82. The van der Waals surface area contributed by atoms with E-state index >= 15 is 0 Å². The Balaban J connectivity index is 1.97. The molecule has 2 saturated heterocycles. The second-order valence-corrected chi connectivity index (χ2v) is 2.42. The van der Waals surface area contributed by atoms with Gasteiger partial charge in [-0.15, -0.1) is 0 Å². The van der Waals surface area contributed by atoms with Crippen molar-refractivity contribution in [1.29, 1.82) is 0 Å². The van der Waals surface area contributed by atoms with Gasteiger partial charge in [0.2, 0.25) is 0 Å². The van der Waals surface area contributed by atoms with E-state index in [-0.39, 0.29) is 0 Å². The fourth-order valence-corrected chi connectivity index (χ4v) is 1.30. The lowest BCUT2D eigenvalue weighted by molar-refractivity contribution is 0.339. The first-order valence-electron chi connectivity index (χ1n) is 3.31. The number of fused-ring (bicyclic) bond motifs is 1. The van der Waals surface area contributed by atoms with Crippen molar-refractivity contribution in [1.82, 2.24) is 21.3 Å². The SMILES string of the molecule is C1[N]C2CNCNC2N1. The Hall–Kier alpha value is -0.160. The molecular weight excluding hydrogens is 116 g/mol. The Bertz CT molecular complexity index is 93.1. The zero-order valence-electron chi connectivity index (χ0n) is 5.22. The summed E-state index contributed by atoms with van der Waals surface area (Å²) in [4.78, 5) is 0. The standard InChI is InChI=1S/C5H11N4/c1-4-5(8-2-6-1)9-3-7-4/h4-6,8-9H,1-3H2. The molecule has 3 N–H and O–H groups in total. The molecule has 2 fully saturated rings. The Morgan fingerprint density at radius 3 is 3.22 bits per heavy atom. The summed E-state index contributed by atoms with van der Waals surface area (Å²) in [5.74, 6) is 0. The van der Waals surface area contributed by atoms with Crippen LogP contribution in [0.1, 0.15) is 0 Å². The van der Waals surface area contributed by atoms with Crippen LogP contribution in [-0.2, 0) is 0 Å². The molecule has 0 aromatic carbocycles. The van der Waals surface area contributed by atoms with Gasteiger partial charge in [0.25, 0.3) is 0 Å². The van der Waals surface area contributed by atoms with Crippen LogP contribution in [0.5, 0.6) is 0 Å². The van der Waals surface area contributed by atoms with Crippen LogP contribution < -0.4 is 21.3 Å². The third-order valence-electron chi connectivity index (χ3n) is 1.82. The molecule has 0 saturated carbocycles. The van der Waals surface area contributed by atoms with Crippen molar-refractivity contribution >= 4 is 0 Å². The first-order chi connectivity index (χ1) is 4.47. The average molecular weight is 127 g/mol. The molecule has 0 bridgehead atoms. The summed E-state index contributed by atoms with van der Waals surface area (Å²) >= 11 is 0. The average Bonchev–Trinajstić information content (AvgIpc) is 2.33. The van der Waals surface area contributed by atoms with Gasteiger partial charge in [-0.25, -0.2) is 5.32 Å². The highest BCUT2D eigenvalue weighted by molar-refractivity contribution is 4.89. The molecule has 1 radical (unpaired) electrons. The van der Waals surface area contributed by atoms with E-state index in [1.165, 1.54) is 0 Å². The lowest BCUT2D eigenvalue weighted by Gasteiger charge is -2.25. The minimum Gasteiger partial charge on any atom is -0.303 e. The number of nitrogens with zero attached hydrogens (tertiary/aromatic N) is 1. The topological polar surface area (TPSA) is 50.2 Å². The van der Waals surface area contributed by atoms with E-state index in [2.05, 4.69) is 21.3 Å². The predicted molar refractivity (Wildman–Crippen MR) is 33.7 cm³/mol. The highest BCUT2D eigenvalue weighted by atomic mass is 15.3. The van der Waals surface area contributed by atoms with E-state index in [1.807, 2.05) is 0 Å². The first-order valence-corrected chi connectivity index (χ1v) is 3.31. The molecule has 0 amide bonds. The Kier molecular flexibility index (Phi) is 1.39. The van der Waals surface area contributed by atoms with Gasteiger partial charge in [0.1, 0.15) is 0 Å². The summed E-state index contributed by atoms with van der Waals surface area (Å²) in [5.41, 5.74) is 0. The molecular formula is C5H11N4. The van der Waals surface area contributed by atoms with Gasteiger partial charge in [-0.3, -0.25) is 10.6 Å². The monoisotopic (exact) mass is 127 g/mol. The number of nitrogens with one attached hydrogen (secondary N) is 3. The summed E-state index contributed by atoms with van der Waals surface area (Å²) in [7, 11) is 0. The molecule has 51 valence electrons. The Morgan fingerprint density at radius 2 is 2.33 bits per heavy atom. The fourth-order valence-electron chi connectivity index (χ4n) is 1.30. The van der Waals surface area contributed by atoms with Gasteiger partial charge in [-0.05, 0) is 0 Å². The van der Waals surface area contributed by atoms with Crippen molar-refractivity contribution in [2.75, 3.05) is 19.9 Å². The van der Waals surface area contributed by atoms with Crippen molar-refractivity contribution in [3.63, 3.8) is 0 Å². The van der Waals surface area contributed by atoms with Crippen LogP contribution in [0.4, 0.5) is 0 Å². The lowest BCUT2D eigenvalue weighted by Crippen LogP contribution is -2.57. The minimum atomic E-state index is 0.436. The zero-order chi connectivity index (χ0) is 6.10.